The highest BCUT2D eigenvalue weighted by molar-refractivity contribution is 6.42. The Labute approximate surface area is 123 Å². The van der Waals surface area contributed by atoms with Crippen LogP contribution in [0.1, 0.15) is 25.3 Å². The molecular formula is C14H17Cl2NO2. The molecule has 1 aromatic rings. The molecule has 1 aromatic carbocycles. The molecular weight excluding hydrogens is 285 g/mol. The minimum Gasteiger partial charge on any atom is -0.465 e. The minimum absolute atomic E-state index is 0.171. The van der Waals surface area contributed by atoms with Crippen LogP contribution < -0.4 is 5.32 Å². The van der Waals surface area contributed by atoms with Gasteiger partial charge in [-0.1, -0.05) is 29.3 Å². The van der Waals surface area contributed by atoms with Gasteiger partial charge in [-0.15, -0.1) is 0 Å². The summed E-state index contributed by atoms with van der Waals surface area (Å²) in [4.78, 5) is 12.4. The number of halogens is 2. The van der Waals surface area contributed by atoms with Gasteiger partial charge in [-0.3, -0.25) is 4.79 Å². The highest BCUT2D eigenvalue weighted by Crippen LogP contribution is 2.37. The molecule has 0 spiro atoms. The van der Waals surface area contributed by atoms with Crippen molar-refractivity contribution in [2.45, 2.75) is 25.2 Å². The molecule has 0 unspecified atom stereocenters. The first-order valence-corrected chi connectivity index (χ1v) is 7.19. The van der Waals surface area contributed by atoms with Gasteiger partial charge in [0.1, 0.15) is 0 Å². The molecule has 5 heteroatoms. The van der Waals surface area contributed by atoms with Crippen molar-refractivity contribution in [3.8, 4) is 0 Å². The Kier molecular flexibility index (Phi) is 4.71. The zero-order valence-corrected chi connectivity index (χ0v) is 12.4. The SMILES string of the molecule is CCOC(=O)C1(c2ccc(Cl)c(Cl)c2)CCNCC1. The molecule has 104 valence electrons. The van der Waals surface area contributed by atoms with Gasteiger partial charge in [0.05, 0.1) is 22.1 Å². The van der Waals surface area contributed by atoms with Gasteiger partial charge in [0.15, 0.2) is 0 Å². The summed E-state index contributed by atoms with van der Waals surface area (Å²) in [6.45, 7) is 3.79. The van der Waals surface area contributed by atoms with Gasteiger partial charge >= 0.3 is 5.97 Å². The Morgan fingerprint density at radius 3 is 2.58 bits per heavy atom. The number of benzene rings is 1. The molecule has 19 heavy (non-hydrogen) atoms. The van der Waals surface area contributed by atoms with Crippen molar-refractivity contribution in [1.29, 1.82) is 0 Å². The van der Waals surface area contributed by atoms with Gasteiger partial charge in [-0.05, 0) is 50.6 Å². The predicted octanol–water partition coefficient (Wildman–Crippen LogP) is 3.18. The Hall–Kier alpha value is -0.770. The molecule has 1 saturated heterocycles. The third-order valence-electron chi connectivity index (χ3n) is 3.60. The monoisotopic (exact) mass is 301 g/mol. The van der Waals surface area contributed by atoms with E-state index in [0.29, 0.717) is 29.5 Å². The maximum absolute atomic E-state index is 12.4. The predicted molar refractivity (Wildman–Crippen MR) is 76.9 cm³/mol. The van der Waals surface area contributed by atoms with Crippen LogP contribution >= 0.6 is 23.2 Å². The highest BCUT2D eigenvalue weighted by Gasteiger charge is 2.42. The third-order valence-corrected chi connectivity index (χ3v) is 4.33. The molecule has 1 fully saturated rings. The molecule has 1 N–H and O–H groups in total. The van der Waals surface area contributed by atoms with Crippen molar-refractivity contribution in [3.05, 3.63) is 33.8 Å². The second kappa shape index (κ2) is 6.12. The standard InChI is InChI=1S/C14H17Cl2NO2/c1-2-19-13(18)14(5-7-17-8-6-14)10-3-4-11(15)12(16)9-10/h3-4,9,17H,2,5-8H2,1H3. The zero-order chi connectivity index (χ0) is 13.9. The van der Waals surface area contributed by atoms with E-state index < -0.39 is 5.41 Å². The number of rotatable bonds is 3. The summed E-state index contributed by atoms with van der Waals surface area (Å²) in [6, 6.07) is 5.39. The number of nitrogens with one attached hydrogen (secondary N) is 1. The van der Waals surface area contributed by atoms with Crippen LogP contribution in [-0.4, -0.2) is 25.7 Å². The van der Waals surface area contributed by atoms with E-state index in [2.05, 4.69) is 5.32 Å². The smallest absolute Gasteiger partial charge is 0.316 e. The van der Waals surface area contributed by atoms with Crippen LogP contribution in [0, 0.1) is 0 Å². The van der Waals surface area contributed by atoms with E-state index in [1.54, 1.807) is 12.1 Å². The van der Waals surface area contributed by atoms with Crippen LogP contribution in [0.15, 0.2) is 18.2 Å². The lowest BCUT2D eigenvalue weighted by atomic mass is 9.73. The van der Waals surface area contributed by atoms with E-state index in [-0.39, 0.29) is 5.97 Å². The van der Waals surface area contributed by atoms with Gasteiger partial charge in [0, 0.05) is 0 Å². The summed E-state index contributed by atoms with van der Waals surface area (Å²) >= 11 is 12.0. The molecule has 0 radical (unpaired) electrons. The van der Waals surface area contributed by atoms with Gasteiger partial charge in [0.25, 0.3) is 0 Å². The molecule has 3 nitrogen and oxygen atoms in total. The van der Waals surface area contributed by atoms with Crippen LogP contribution in [-0.2, 0) is 14.9 Å². The number of carbonyl (C=O) groups is 1. The molecule has 0 aromatic heterocycles. The van der Waals surface area contributed by atoms with Crippen molar-refractivity contribution < 1.29 is 9.53 Å². The highest BCUT2D eigenvalue weighted by atomic mass is 35.5. The van der Waals surface area contributed by atoms with E-state index in [0.717, 1.165) is 18.7 Å². The molecule has 2 rings (SSSR count). The first-order valence-electron chi connectivity index (χ1n) is 6.43. The van der Waals surface area contributed by atoms with Crippen molar-refractivity contribution in [2.75, 3.05) is 19.7 Å². The Balaban J connectivity index is 2.41. The summed E-state index contributed by atoms with van der Waals surface area (Å²) in [5, 5.41) is 4.24. The molecule has 0 saturated carbocycles. The van der Waals surface area contributed by atoms with Crippen LogP contribution in [0.25, 0.3) is 0 Å². The quantitative estimate of drug-likeness (QED) is 0.872. The second-order valence-electron chi connectivity index (χ2n) is 4.68. The van der Waals surface area contributed by atoms with E-state index in [4.69, 9.17) is 27.9 Å². The Morgan fingerprint density at radius 2 is 2.00 bits per heavy atom. The van der Waals surface area contributed by atoms with Crippen LogP contribution in [0.2, 0.25) is 10.0 Å². The average molecular weight is 302 g/mol. The fraction of sp³-hybridized carbons (Fsp3) is 0.500. The molecule has 1 aliphatic rings. The van der Waals surface area contributed by atoms with Crippen LogP contribution in [0.4, 0.5) is 0 Å². The fourth-order valence-corrected chi connectivity index (χ4v) is 2.83. The second-order valence-corrected chi connectivity index (χ2v) is 5.50. The van der Waals surface area contributed by atoms with Crippen molar-refractivity contribution in [3.63, 3.8) is 0 Å². The first kappa shape index (κ1) is 14.6. The molecule has 0 amide bonds. The number of esters is 1. The normalized spacial score (nSPS) is 18.1. The number of piperidine rings is 1. The van der Waals surface area contributed by atoms with Crippen molar-refractivity contribution >= 4 is 29.2 Å². The topological polar surface area (TPSA) is 38.3 Å². The largest absolute Gasteiger partial charge is 0.465 e. The summed E-state index contributed by atoms with van der Waals surface area (Å²) < 4.78 is 5.27. The number of hydrogen-bond acceptors (Lipinski definition) is 3. The lowest BCUT2D eigenvalue weighted by Gasteiger charge is -2.35. The first-order chi connectivity index (χ1) is 9.10. The van der Waals surface area contributed by atoms with Gasteiger partial charge < -0.3 is 10.1 Å². The summed E-state index contributed by atoms with van der Waals surface area (Å²) in [7, 11) is 0. The zero-order valence-electron chi connectivity index (χ0n) is 10.8. The number of ether oxygens (including phenoxy) is 1. The fourth-order valence-electron chi connectivity index (χ4n) is 2.53. The van der Waals surface area contributed by atoms with Gasteiger partial charge in [0.2, 0.25) is 0 Å². The maximum Gasteiger partial charge on any atom is 0.316 e. The van der Waals surface area contributed by atoms with E-state index >= 15 is 0 Å². The summed E-state index contributed by atoms with van der Waals surface area (Å²) in [5.74, 6) is -0.171. The van der Waals surface area contributed by atoms with Gasteiger partial charge in [-0.25, -0.2) is 0 Å². The molecule has 0 bridgehead atoms. The molecule has 1 heterocycles. The number of hydrogen-bond donors (Lipinski definition) is 1. The van der Waals surface area contributed by atoms with Crippen molar-refractivity contribution in [2.24, 2.45) is 0 Å². The average Bonchev–Trinajstić information content (AvgIpc) is 2.43. The van der Waals surface area contributed by atoms with Crippen LogP contribution in [0.3, 0.4) is 0 Å². The van der Waals surface area contributed by atoms with E-state index in [1.807, 2.05) is 13.0 Å². The molecule has 1 aliphatic heterocycles. The van der Waals surface area contributed by atoms with E-state index in [9.17, 15) is 4.79 Å². The maximum atomic E-state index is 12.4. The molecule has 0 atom stereocenters. The third kappa shape index (κ3) is 2.88. The minimum atomic E-state index is -0.602. The van der Waals surface area contributed by atoms with Gasteiger partial charge in [-0.2, -0.15) is 0 Å². The van der Waals surface area contributed by atoms with Crippen molar-refractivity contribution in [1.82, 2.24) is 5.32 Å². The molecule has 0 aliphatic carbocycles. The Bertz CT molecular complexity index is 471. The summed E-state index contributed by atoms with van der Waals surface area (Å²) in [5.41, 5.74) is 0.289. The van der Waals surface area contributed by atoms with Crippen LogP contribution in [0.5, 0.6) is 0 Å². The van der Waals surface area contributed by atoms with E-state index in [1.165, 1.54) is 0 Å². The Morgan fingerprint density at radius 1 is 1.32 bits per heavy atom. The summed E-state index contributed by atoms with van der Waals surface area (Å²) in [6.07, 6.45) is 1.42. The lowest BCUT2D eigenvalue weighted by Crippen LogP contribution is -2.46. The number of carbonyl (C=O) groups excluding carboxylic acids is 1. The lowest BCUT2D eigenvalue weighted by molar-refractivity contribution is -0.151.